The van der Waals surface area contributed by atoms with Crippen molar-refractivity contribution in [2.24, 2.45) is 7.05 Å². The highest BCUT2D eigenvalue weighted by atomic mass is 35.5. The first kappa shape index (κ1) is 17.6. The number of ether oxygens (including phenoxy) is 1. The Morgan fingerprint density at radius 1 is 1.26 bits per heavy atom. The number of hydrogen-bond acceptors (Lipinski definition) is 4. The molecule has 0 radical (unpaired) electrons. The molecule has 0 atom stereocenters. The number of rotatable bonds is 4. The first-order valence-corrected chi connectivity index (χ1v) is 8.76. The fourth-order valence-corrected chi connectivity index (χ4v) is 3.51. The maximum Gasteiger partial charge on any atom is 0.332 e. The molecule has 0 fully saturated rings. The van der Waals surface area contributed by atoms with E-state index in [0.717, 1.165) is 11.4 Å². The van der Waals surface area contributed by atoms with Gasteiger partial charge in [0.2, 0.25) is 5.78 Å². The van der Waals surface area contributed by atoms with Crippen LogP contribution in [0.4, 0.5) is 0 Å². The summed E-state index contributed by atoms with van der Waals surface area (Å²) in [5.74, 6) is 0.543. The highest BCUT2D eigenvalue weighted by Crippen LogP contribution is 2.22. The van der Waals surface area contributed by atoms with Crippen LogP contribution in [0.5, 0.6) is 0 Å². The first-order valence-electron chi connectivity index (χ1n) is 8.39. The summed E-state index contributed by atoms with van der Waals surface area (Å²) in [5.41, 5.74) is 1.60. The van der Waals surface area contributed by atoms with Gasteiger partial charge in [0.05, 0.1) is 18.8 Å². The highest BCUT2D eigenvalue weighted by molar-refractivity contribution is 6.30. The Hall–Kier alpha value is -2.84. The van der Waals surface area contributed by atoms with Gasteiger partial charge in [-0.3, -0.25) is 22.9 Å². The zero-order valence-electron chi connectivity index (χ0n) is 15.1. The number of benzene rings is 1. The zero-order chi connectivity index (χ0) is 19.3. The molecule has 27 heavy (non-hydrogen) atoms. The number of halogens is 1. The maximum atomic E-state index is 13.0. The van der Waals surface area contributed by atoms with Crippen LogP contribution in [0.15, 0.2) is 40.1 Å². The SMILES string of the molecule is COCCn1c(=O)c2c(nc3n(-c4cccc(Cl)c4)c(C)cn23)n(C)c1=O. The minimum Gasteiger partial charge on any atom is -0.383 e. The lowest BCUT2D eigenvalue weighted by Gasteiger charge is -2.07. The van der Waals surface area contributed by atoms with E-state index < -0.39 is 5.69 Å². The molecule has 0 amide bonds. The first-order chi connectivity index (χ1) is 12.9. The largest absolute Gasteiger partial charge is 0.383 e. The van der Waals surface area contributed by atoms with Gasteiger partial charge in [-0.15, -0.1) is 0 Å². The minimum atomic E-state index is -0.420. The Morgan fingerprint density at radius 3 is 2.74 bits per heavy atom. The van der Waals surface area contributed by atoms with E-state index in [1.807, 2.05) is 35.9 Å². The van der Waals surface area contributed by atoms with Crippen LogP contribution in [-0.2, 0) is 18.3 Å². The Bertz CT molecular complexity index is 1290. The molecule has 9 heteroatoms. The van der Waals surface area contributed by atoms with Crippen LogP contribution in [0.25, 0.3) is 22.6 Å². The van der Waals surface area contributed by atoms with E-state index in [4.69, 9.17) is 16.3 Å². The summed E-state index contributed by atoms with van der Waals surface area (Å²) in [6.45, 7) is 2.37. The summed E-state index contributed by atoms with van der Waals surface area (Å²) in [4.78, 5) is 30.2. The van der Waals surface area contributed by atoms with Gasteiger partial charge in [-0.25, -0.2) is 4.79 Å². The van der Waals surface area contributed by atoms with E-state index in [1.54, 1.807) is 17.5 Å². The monoisotopic (exact) mass is 387 g/mol. The molecule has 4 aromatic rings. The van der Waals surface area contributed by atoms with Crippen molar-refractivity contribution in [2.45, 2.75) is 13.5 Å². The number of aromatic nitrogens is 5. The van der Waals surface area contributed by atoms with Crippen molar-refractivity contribution in [2.75, 3.05) is 13.7 Å². The molecule has 0 spiro atoms. The molecule has 140 valence electrons. The number of methoxy groups -OCH3 is 1. The molecule has 0 aliphatic heterocycles. The number of fused-ring (bicyclic) bond motifs is 3. The topological polar surface area (TPSA) is 75.5 Å². The van der Waals surface area contributed by atoms with Crippen LogP contribution in [0, 0.1) is 6.92 Å². The van der Waals surface area contributed by atoms with Gasteiger partial charge in [-0.05, 0) is 25.1 Å². The summed E-state index contributed by atoms with van der Waals surface area (Å²) in [7, 11) is 3.13. The van der Waals surface area contributed by atoms with Gasteiger partial charge in [-0.2, -0.15) is 4.98 Å². The number of hydrogen-bond donors (Lipinski definition) is 0. The lowest BCUT2D eigenvalue weighted by Crippen LogP contribution is -2.40. The molecule has 0 N–H and O–H groups in total. The smallest absolute Gasteiger partial charge is 0.332 e. The van der Waals surface area contributed by atoms with Gasteiger partial charge < -0.3 is 4.74 Å². The summed E-state index contributed by atoms with van der Waals surface area (Å²) in [6.07, 6.45) is 1.83. The quantitative estimate of drug-likeness (QED) is 0.534. The fraction of sp³-hybridized carbons (Fsp3) is 0.278. The second-order valence-corrected chi connectivity index (χ2v) is 6.77. The normalized spacial score (nSPS) is 11.7. The lowest BCUT2D eigenvalue weighted by atomic mass is 10.3. The van der Waals surface area contributed by atoms with Crippen molar-refractivity contribution in [3.05, 3.63) is 62.0 Å². The molecule has 1 aromatic carbocycles. The fourth-order valence-electron chi connectivity index (χ4n) is 3.32. The van der Waals surface area contributed by atoms with Crippen LogP contribution in [0.3, 0.4) is 0 Å². The molecule has 0 saturated carbocycles. The van der Waals surface area contributed by atoms with Crippen molar-refractivity contribution < 1.29 is 4.74 Å². The van der Waals surface area contributed by atoms with E-state index in [0.29, 0.717) is 22.0 Å². The number of aryl methyl sites for hydroxylation is 2. The van der Waals surface area contributed by atoms with E-state index in [1.165, 1.54) is 16.2 Å². The molecule has 0 bridgehead atoms. The molecule has 0 aliphatic carbocycles. The van der Waals surface area contributed by atoms with Gasteiger partial charge >= 0.3 is 5.69 Å². The predicted molar refractivity (Wildman–Crippen MR) is 103 cm³/mol. The second kappa shape index (κ2) is 6.40. The van der Waals surface area contributed by atoms with Gasteiger partial charge in [0, 0.05) is 31.1 Å². The van der Waals surface area contributed by atoms with Crippen LogP contribution >= 0.6 is 11.6 Å². The van der Waals surface area contributed by atoms with E-state index in [9.17, 15) is 9.59 Å². The van der Waals surface area contributed by atoms with Crippen molar-refractivity contribution in [3.63, 3.8) is 0 Å². The molecule has 3 heterocycles. The van der Waals surface area contributed by atoms with Crippen LogP contribution < -0.4 is 11.2 Å². The van der Waals surface area contributed by atoms with E-state index in [-0.39, 0.29) is 18.7 Å². The predicted octanol–water partition coefficient (Wildman–Crippen LogP) is 1.75. The van der Waals surface area contributed by atoms with Gasteiger partial charge in [0.25, 0.3) is 5.56 Å². The van der Waals surface area contributed by atoms with Gasteiger partial charge in [0.15, 0.2) is 11.2 Å². The Morgan fingerprint density at radius 2 is 2.04 bits per heavy atom. The van der Waals surface area contributed by atoms with E-state index in [2.05, 4.69) is 4.98 Å². The molecule has 0 saturated heterocycles. The van der Waals surface area contributed by atoms with Crippen molar-refractivity contribution >= 4 is 28.5 Å². The molecular formula is C18H18ClN5O3. The van der Waals surface area contributed by atoms with E-state index >= 15 is 0 Å². The number of imidazole rings is 2. The van der Waals surface area contributed by atoms with Gasteiger partial charge in [0.1, 0.15) is 0 Å². The Labute approximate surface area is 158 Å². The third kappa shape index (κ3) is 2.60. The summed E-state index contributed by atoms with van der Waals surface area (Å²) >= 11 is 6.13. The maximum absolute atomic E-state index is 13.0. The summed E-state index contributed by atoms with van der Waals surface area (Å²) in [5, 5.41) is 0.601. The number of nitrogens with zero attached hydrogens (tertiary/aromatic N) is 5. The minimum absolute atomic E-state index is 0.180. The second-order valence-electron chi connectivity index (χ2n) is 6.33. The van der Waals surface area contributed by atoms with Crippen LogP contribution in [0.1, 0.15) is 5.69 Å². The Balaban J connectivity index is 2.09. The summed E-state index contributed by atoms with van der Waals surface area (Å²) < 4.78 is 11.2. The average Bonchev–Trinajstić information content (AvgIpc) is 3.14. The molecule has 3 aromatic heterocycles. The lowest BCUT2D eigenvalue weighted by molar-refractivity contribution is 0.184. The third-order valence-corrected chi connectivity index (χ3v) is 4.85. The highest BCUT2D eigenvalue weighted by Gasteiger charge is 2.20. The van der Waals surface area contributed by atoms with Crippen LogP contribution in [0.2, 0.25) is 5.02 Å². The molecule has 8 nitrogen and oxygen atoms in total. The van der Waals surface area contributed by atoms with Crippen molar-refractivity contribution in [1.82, 2.24) is 23.1 Å². The molecule has 0 aliphatic rings. The average molecular weight is 388 g/mol. The summed E-state index contributed by atoms with van der Waals surface area (Å²) in [6, 6.07) is 7.38. The molecule has 0 unspecified atom stereocenters. The molecule has 4 rings (SSSR count). The standard InChI is InChI=1S/C18H18ClN5O3/c1-11-10-23-14-15(21(2)18(26)22(16(14)25)7-8-27-3)20-17(23)24(11)13-6-4-5-12(19)9-13/h4-6,9-10H,7-8H2,1-3H3. The van der Waals surface area contributed by atoms with Crippen LogP contribution in [-0.4, -0.2) is 36.8 Å². The van der Waals surface area contributed by atoms with Crippen molar-refractivity contribution in [1.29, 1.82) is 0 Å². The third-order valence-electron chi connectivity index (χ3n) is 4.61. The zero-order valence-corrected chi connectivity index (χ0v) is 15.9. The molecular weight excluding hydrogens is 370 g/mol. The van der Waals surface area contributed by atoms with Crippen molar-refractivity contribution in [3.8, 4) is 5.69 Å². The Kier molecular flexibility index (Phi) is 4.16. The van der Waals surface area contributed by atoms with Gasteiger partial charge in [-0.1, -0.05) is 17.7 Å².